The summed E-state index contributed by atoms with van der Waals surface area (Å²) in [7, 11) is 0. The van der Waals surface area contributed by atoms with Gasteiger partial charge in [-0.3, -0.25) is 10.1 Å². The molecule has 2 heterocycles. The number of amidine groups is 1. The molecule has 3 rings (SSSR count). The molecule has 17 heavy (non-hydrogen) atoms. The Hall–Kier alpha value is -1.95. The molecule has 5 nitrogen and oxygen atoms in total. The van der Waals surface area contributed by atoms with E-state index in [-0.39, 0.29) is 12.7 Å². The van der Waals surface area contributed by atoms with E-state index in [1.807, 2.05) is 6.07 Å². The highest BCUT2D eigenvalue weighted by Gasteiger charge is 2.18. The number of fused-ring (bicyclic) bond motifs is 1. The average Bonchev–Trinajstić information content (AvgIpc) is 2.85. The third-order valence-electron chi connectivity index (χ3n) is 2.38. The van der Waals surface area contributed by atoms with Crippen LogP contribution in [0.1, 0.15) is 5.56 Å². The zero-order chi connectivity index (χ0) is 11.8. The predicted molar refractivity (Wildman–Crippen MR) is 65.1 cm³/mol. The van der Waals surface area contributed by atoms with Crippen molar-refractivity contribution in [2.75, 3.05) is 6.79 Å². The number of carbonyl (C=O) groups is 1. The van der Waals surface area contributed by atoms with Crippen molar-refractivity contribution in [3.8, 4) is 11.5 Å². The molecule has 1 aromatic carbocycles. The minimum Gasteiger partial charge on any atom is -0.454 e. The summed E-state index contributed by atoms with van der Waals surface area (Å²) in [5, 5.41) is 2.80. The summed E-state index contributed by atoms with van der Waals surface area (Å²) in [6.07, 6.45) is 1.67. The molecule has 86 valence electrons. The molecule has 0 radical (unpaired) electrons. The van der Waals surface area contributed by atoms with Crippen molar-refractivity contribution in [2.45, 2.75) is 0 Å². The number of nitrogens with zero attached hydrogens (tertiary/aromatic N) is 1. The molecule has 0 spiro atoms. The van der Waals surface area contributed by atoms with Gasteiger partial charge in [0.25, 0.3) is 5.91 Å². The van der Waals surface area contributed by atoms with E-state index in [1.165, 1.54) is 0 Å². The number of benzene rings is 1. The van der Waals surface area contributed by atoms with Crippen LogP contribution >= 0.6 is 12.6 Å². The second kappa shape index (κ2) is 3.81. The van der Waals surface area contributed by atoms with Crippen molar-refractivity contribution in [3.63, 3.8) is 0 Å². The van der Waals surface area contributed by atoms with Gasteiger partial charge in [-0.1, -0.05) is 6.07 Å². The van der Waals surface area contributed by atoms with Gasteiger partial charge >= 0.3 is 0 Å². The van der Waals surface area contributed by atoms with Crippen molar-refractivity contribution >= 4 is 29.8 Å². The number of rotatable bonds is 1. The molecule has 0 unspecified atom stereocenters. The van der Waals surface area contributed by atoms with E-state index < -0.39 is 0 Å². The van der Waals surface area contributed by atoms with Crippen LogP contribution < -0.4 is 14.8 Å². The van der Waals surface area contributed by atoms with Crippen LogP contribution in [0.15, 0.2) is 28.9 Å². The number of carbonyl (C=O) groups excluding carboxylic acids is 1. The zero-order valence-corrected chi connectivity index (χ0v) is 9.53. The number of thiol groups is 1. The summed E-state index contributed by atoms with van der Waals surface area (Å²) in [4.78, 5) is 15.4. The quantitative estimate of drug-likeness (QED) is 0.579. The largest absolute Gasteiger partial charge is 0.454 e. The fourth-order valence-electron chi connectivity index (χ4n) is 1.62. The maximum atomic E-state index is 11.4. The molecule has 0 aromatic heterocycles. The molecule has 0 atom stereocenters. The van der Waals surface area contributed by atoms with E-state index in [9.17, 15) is 4.79 Å². The van der Waals surface area contributed by atoms with Gasteiger partial charge < -0.3 is 9.47 Å². The number of nitrogens with one attached hydrogen (secondary N) is 1. The first kappa shape index (κ1) is 10.2. The fraction of sp³-hybridized carbons (Fsp3) is 0.0909. The first-order valence-electron chi connectivity index (χ1n) is 4.93. The summed E-state index contributed by atoms with van der Waals surface area (Å²) in [6, 6.07) is 5.43. The van der Waals surface area contributed by atoms with Gasteiger partial charge in [-0.15, -0.1) is 12.6 Å². The monoisotopic (exact) mass is 248 g/mol. The molecule has 1 aromatic rings. The molecule has 6 heteroatoms. The third kappa shape index (κ3) is 1.87. The van der Waals surface area contributed by atoms with Crippen LogP contribution in [0.3, 0.4) is 0 Å². The van der Waals surface area contributed by atoms with Gasteiger partial charge in [-0.05, 0) is 23.8 Å². The Bertz CT molecular complexity index is 566. The SMILES string of the molecule is O=C1NC(S)=N/C1=C\c1ccc2c(c1)OCO2. The Labute approximate surface area is 103 Å². The number of aliphatic imine (C=N–C) groups is 1. The number of ether oxygens (including phenoxy) is 2. The van der Waals surface area contributed by atoms with Gasteiger partial charge in [-0.25, -0.2) is 4.99 Å². The number of hydrogen-bond donors (Lipinski definition) is 2. The van der Waals surface area contributed by atoms with E-state index >= 15 is 0 Å². The van der Waals surface area contributed by atoms with E-state index in [1.54, 1.807) is 18.2 Å². The third-order valence-corrected chi connectivity index (χ3v) is 2.60. The molecule has 2 aliphatic heterocycles. The molecule has 0 aliphatic carbocycles. The normalized spacial score (nSPS) is 19.5. The van der Waals surface area contributed by atoms with Gasteiger partial charge in [-0.2, -0.15) is 0 Å². The zero-order valence-electron chi connectivity index (χ0n) is 8.64. The summed E-state index contributed by atoms with van der Waals surface area (Å²) < 4.78 is 10.4. The van der Waals surface area contributed by atoms with E-state index in [2.05, 4.69) is 22.9 Å². The Balaban J connectivity index is 1.96. The summed E-state index contributed by atoms with van der Waals surface area (Å²) in [5.74, 6) is 1.13. The van der Waals surface area contributed by atoms with Crippen molar-refractivity contribution in [1.29, 1.82) is 0 Å². The van der Waals surface area contributed by atoms with Crippen molar-refractivity contribution < 1.29 is 14.3 Å². The maximum Gasteiger partial charge on any atom is 0.275 e. The first-order chi connectivity index (χ1) is 8.22. The van der Waals surface area contributed by atoms with Gasteiger partial charge in [0.15, 0.2) is 16.7 Å². The highest BCUT2D eigenvalue weighted by Crippen LogP contribution is 2.33. The van der Waals surface area contributed by atoms with E-state index in [0.29, 0.717) is 22.4 Å². The molecule has 1 N–H and O–H groups in total. The minimum absolute atomic E-state index is 0.231. The molecular formula is C11H8N2O3S. The first-order valence-corrected chi connectivity index (χ1v) is 5.37. The summed E-state index contributed by atoms with van der Waals surface area (Å²) in [6.45, 7) is 0.231. The highest BCUT2D eigenvalue weighted by molar-refractivity contribution is 7.97. The highest BCUT2D eigenvalue weighted by atomic mass is 32.1. The Morgan fingerprint density at radius 3 is 2.94 bits per heavy atom. The second-order valence-corrected chi connectivity index (χ2v) is 3.96. The Morgan fingerprint density at radius 1 is 1.35 bits per heavy atom. The van der Waals surface area contributed by atoms with Crippen molar-refractivity contribution in [1.82, 2.24) is 5.32 Å². The summed E-state index contributed by atoms with van der Waals surface area (Å²) >= 11 is 3.97. The van der Waals surface area contributed by atoms with Gasteiger partial charge in [0.1, 0.15) is 5.70 Å². The predicted octanol–water partition coefficient (Wildman–Crippen LogP) is 1.17. The smallest absolute Gasteiger partial charge is 0.275 e. The molecule has 2 aliphatic rings. The topological polar surface area (TPSA) is 59.9 Å². The number of amides is 1. The lowest BCUT2D eigenvalue weighted by Gasteiger charge is -1.98. The lowest BCUT2D eigenvalue weighted by molar-refractivity contribution is -0.115. The standard InChI is InChI=1S/C11H8N2O3S/c14-10-7(12-11(17)13-10)3-6-1-2-8-9(4-6)16-5-15-8/h1-4H,5H2,(H2,12,13,14,17)/b7-3-. The Morgan fingerprint density at radius 2 is 2.18 bits per heavy atom. The molecule has 0 fully saturated rings. The Kier molecular flexibility index (Phi) is 2.29. The van der Waals surface area contributed by atoms with Crippen LogP contribution in [-0.4, -0.2) is 17.9 Å². The maximum absolute atomic E-state index is 11.4. The molecule has 0 saturated heterocycles. The van der Waals surface area contributed by atoms with Crippen molar-refractivity contribution in [3.05, 3.63) is 29.5 Å². The van der Waals surface area contributed by atoms with Crippen LogP contribution in [0, 0.1) is 0 Å². The summed E-state index contributed by atoms with van der Waals surface area (Å²) in [5.41, 5.74) is 1.15. The van der Waals surface area contributed by atoms with Gasteiger partial charge in [0.2, 0.25) is 6.79 Å². The van der Waals surface area contributed by atoms with E-state index in [4.69, 9.17) is 9.47 Å². The lowest BCUT2D eigenvalue weighted by atomic mass is 10.1. The molecule has 0 saturated carbocycles. The lowest BCUT2D eigenvalue weighted by Crippen LogP contribution is -2.19. The second-order valence-electron chi connectivity index (χ2n) is 3.53. The average molecular weight is 248 g/mol. The van der Waals surface area contributed by atoms with Gasteiger partial charge in [0.05, 0.1) is 0 Å². The van der Waals surface area contributed by atoms with Crippen LogP contribution in [0.4, 0.5) is 0 Å². The fourth-order valence-corrected chi connectivity index (χ4v) is 1.83. The van der Waals surface area contributed by atoms with Crippen molar-refractivity contribution in [2.24, 2.45) is 4.99 Å². The van der Waals surface area contributed by atoms with E-state index in [0.717, 1.165) is 5.56 Å². The van der Waals surface area contributed by atoms with Crippen LogP contribution in [-0.2, 0) is 4.79 Å². The molecule has 1 amide bonds. The van der Waals surface area contributed by atoms with Gasteiger partial charge in [0, 0.05) is 0 Å². The number of hydrogen-bond acceptors (Lipinski definition) is 4. The molecule has 0 bridgehead atoms. The minimum atomic E-state index is -0.257. The van der Waals surface area contributed by atoms with Crippen LogP contribution in [0.25, 0.3) is 6.08 Å². The van der Waals surface area contributed by atoms with Crippen LogP contribution in [0.2, 0.25) is 0 Å². The molecular weight excluding hydrogens is 240 g/mol. The van der Waals surface area contributed by atoms with Crippen LogP contribution in [0.5, 0.6) is 11.5 Å².